The van der Waals surface area contributed by atoms with Gasteiger partial charge in [-0.25, -0.2) is 4.79 Å². The Morgan fingerprint density at radius 2 is 2.00 bits per heavy atom. The van der Waals surface area contributed by atoms with E-state index in [4.69, 9.17) is 9.84 Å². The monoisotopic (exact) mass is 218 g/mol. The molecule has 1 N–H and O–H groups in total. The van der Waals surface area contributed by atoms with E-state index < -0.39 is 0 Å². The molecule has 1 aliphatic heterocycles. The summed E-state index contributed by atoms with van der Waals surface area (Å²) in [6.07, 6.45) is 1.18. The summed E-state index contributed by atoms with van der Waals surface area (Å²) in [6.45, 7) is 0.447. The lowest BCUT2D eigenvalue weighted by Crippen LogP contribution is -2.00. The van der Waals surface area contributed by atoms with E-state index in [0.717, 1.165) is 11.1 Å². The lowest BCUT2D eigenvalue weighted by atomic mass is 9.99. The standard InChI is InChI=1S/C13H14O3/c14-8-4-7-11-12(9-16-13(11)15)10-5-2-1-3-6-10/h1-3,5-6,14H,4,7-9H2. The van der Waals surface area contributed by atoms with Gasteiger partial charge in [0, 0.05) is 17.8 Å². The Kier molecular flexibility index (Phi) is 3.37. The summed E-state index contributed by atoms with van der Waals surface area (Å²) in [7, 11) is 0. The second-order valence-corrected chi connectivity index (χ2v) is 3.73. The Morgan fingerprint density at radius 1 is 1.25 bits per heavy atom. The van der Waals surface area contributed by atoms with Crippen LogP contribution in [0.5, 0.6) is 0 Å². The lowest BCUT2D eigenvalue weighted by molar-refractivity contribution is -0.136. The molecule has 84 valence electrons. The van der Waals surface area contributed by atoms with Crippen LogP contribution in [-0.2, 0) is 9.53 Å². The van der Waals surface area contributed by atoms with E-state index in [-0.39, 0.29) is 12.6 Å². The van der Waals surface area contributed by atoms with Crippen molar-refractivity contribution < 1.29 is 14.6 Å². The smallest absolute Gasteiger partial charge is 0.334 e. The Bertz CT molecular complexity index is 406. The zero-order chi connectivity index (χ0) is 11.4. The largest absolute Gasteiger partial charge is 0.457 e. The van der Waals surface area contributed by atoms with Crippen LogP contribution in [0.25, 0.3) is 5.57 Å². The fourth-order valence-electron chi connectivity index (χ4n) is 1.84. The van der Waals surface area contributed by atoms with E-state index in [9.17, 15) is 4.79 Å². The van der Waals surface area contributed by atoms with Crippen molar-refractivity contribution in [2.75, 3.05) is 13.2 Å². The van der Waals surface area contributed by atoms with E-state index >= 15 is 0 Å². The van der Waals surface area contributed by atoms with Gasteiger partial charge in [0.2, 0.25) is 0 Å². The van der Waals surface area contributed by atoms with E-state index in [1.54, 1.807) is 0 Å². The maximum absolute atomic E-state index is 11.5. The number of carbonyl (C=O) groups is 1. The van der Waals surface area contributed by atoms with Crippen LogP contribution in [0.4, 0.5) is 0 Å². The van der Waals surface area contributed by atoms with Crippen molar-refractivity contribution in [2.24, 2.45) is 0 Å². The molecule has 0 unspecified atom stereocenters. The molecule has 3 heteroatoms. The Morgan fingerprint density at radius 3 is 2.69 bits per heavy atom. The van der Waals surface area contributed by atoms with Gasteiger partial charge < -0.3 is 9.84 Å². The summed E-state index contributed by atoms with van der Waals surface area (Å²) in [5, 5.41) is 8.79. The number of rotatable bonds is 4. The SMILES string of the molecule is O=C1OCC(c2ccccc2)=C1CCCO. The van der Waals surface area contributed by atoms with Gasteiger partial charge >= 0.3 is 5.97 Å². The number of benzene rings is 1. The van der Waals surface area contributed by atoms with E-state index in [1.807, 2.05) is 30.3 Å². The van der Waals surface area contributed by atoms with Crippen molar-refractivity contribution in [3.63, 3.8) is 0 Å². The van der Waals surface area contributed by atoms with Crippen LogP contribution in [0, 0.1) is 0 Å². The molecular weight excluding hydrogens is 204 g/mol. The number of aliphatic hydroxyl groups excluding tert-OH is 1. The quantitative estimate of drug-likeness (QED) is 0.783. The second kappa shape index (κ2) is 4.94. The average molecular weight is 218 g/mol. The summed E-state index contributed by atoms with van der Waals surface area (Å²) < 4.78 is 5.03. The van der Waals surface area contributed by atoms with Gasteiger partial charge in [0.15, 0.2) is 0 Å². The van der Waals surface area contributed by atoms with Crippen LogP contribution in [0.15, 0.2) is 35.9 Å². The molecule has 0 amide bonds. The highest BCUT2D eigenvalue weighted by Gasteiger charge is 2.24. The number of hydrogen-bond donors (Lipinski definition) is 1. The summed E-state index contributed by atoms with van der Waals surface area (Å²) in [4.78, 5) is 11.5. The van der Waals surface area contributed by atoms with Crippen LogP contribution in [0.2, 0.25) is 0 Å². The first-order valence-electron chi connectivity index (χ1n) is 5.38. The molecule has 1 aromatic carbocycles. The van der Waals surface area contributed by atoms with Crippen molar-refractivity contribution in [3.8, 4) is 0 Å². The highest BCUT2D eigenvalue weighted by molar-refractivity contribution is 6.01. The number of cyclic esters (lactones) is 1. The molecule has 3 nitrogen and oxygen atoms in total. The fraction of sp³-hybridized carbons (Fsp3) is 0.308. The Labute approximate surface area is 94.4 Å². The predicted molar refractivity (Wildman–Crippen MR) is 60.6 cm³/mol. The molecule has 16 heavy (non-hydrogen) atoms. The van der Waals surface area contributed by atoms with E-state index in [1.165, 1.54) is 0 Å². The van der Waals surface area contributed by atoms with Crippen molar-refractivity contribution in [2.45, 2.75) is 12.8 Å². The van der Waals surface area contributed by atoms with Crippen LogP contribution in [0.1, 0.15) is 18.4 Å². The first-order valence-corrected chi connectivity index (χ1v) is 5.38. The number of carbonyl (C=O) groups excluding carboxylic acids is 1. The van der Waals surface area contributed by atoms with Crippen LogP contribution in [0.3, 0.4) is 0 Å². The molecule has 1 aromatic rings. The third kappa shape index (κ3) is 2.14. The molecule has 2 rings (SSSR count). The van der Waals surface area contributed by atoms with Crippen molar-refractivity contribution in [1.29, 1.82) is 0 Å². The van der Waals surface area contributed by atoms with Gasteiger partial charge in [-0.3, -0.25) is 0 Å². The Balaban J connectivity index is 2.29. The molecule has 0 saturated heterocycles. The molecule has 0 spiro atoms. The Hall–Kier alpha value is -1.61. The van der Waals surface area contributed by atoms with Crippen LogP contribution < -0.4 is 0 Å². The summed E-state index contributed by atoms with van der Waals surface area (Å²) in [5.74, 6) is -0.243. The molecule has 0 aliphatic carbocycles. The van der Waals surface area contributed by atoms with Gasteiger partial charge in [0.1, 0.15) is 6.61 Å². The van der Waals surface area contributed by atoms with Gasteiger partial charge in [-0.2, -0.15) is 0 Å². The number of esters is 1. The average Bonchev–Trinajstić information content (AvgIpc) is 2.69. The highest BCUT2D eigenvalue weighted by atomic mass is 16.5. The second-order valence-electron chi connectivity index (χ2n) is 3.73. The van der Waals surface area contributed by atoms with E-state index in [0.29, 0.717) is 25.0 Å². The lowest BCUT2D eigenvalue weighted by Gasteiger charge is -2.02. The normalized spacial score (nSPS) is 15.4. The zero-order valence-electron chi connectivity index (χ0n) is 8.98. The molecule has 0 saturated carbocycles. The van der Waals surface area contributed by atoms with Crippen molar-refractivity contribution >= 4 is 11.5 Å². The molecule has 1 aliphatic rings. The van der Waals surface area contributed by atoms with Crippen LogP contribution >= 0.6 is 0 Å². The topological polar surface area (TPSA) is 46.5 Å². The molecule has 0 aromatic heterocycles. The van der Waals surface area contributed by atoms with Gasteiger partial charge in [-0.1, -0.05) is 30.3 Å². The van der Waals surface area contributed by atoms with Crippen LogP contribution in [-0.4, -0.2) is 24.3 Å². The fourth-order valence-corrected chi connectivity index (χ4v) is 1.84. The number of ether oxygens (including phenoxy) is 1. The van der Waals surface area contributed by atoms with Gasteiger partial charge in [-0.05, 0) is 18.4 Å². The minimum Gasteiger partial charge on any atom is -0.457 e. The molecule has 0 atom stereocenters. The first-order chi connectivity index (χ1) is 7.83. The summed E-state index contributed by atoms with van der Waals surface area (Å²) in [6, 6.07) is 9.76. The molecule has 0 bridgehead atoms. The highest BCUT2D eigenvalue weighted by Crippen LogP contribution is 2.28. The third-order valence-electron chi connectivity index (χ3n) is 2.67. The van der Waals surface area contributed by atoms with E-state index in [2.05, 4.69) is 0 Å². The van der Waals surface area contributed by atoms with Crippen molar-refractivity contribution in [1.82, 2.24) is 0 Å². The van der Waals surface area contributed by atoms with Crippen molar-refractivity contribution in [3.05, 3.63) is 41.5 Å². The molecule has 1 heterocycles. The number of aliphatic hydroxyl groups is 1. The van der Waals surface area contributed by atoms with Gasteiger partial charge in [0.25, 0.3) is 0 Å². The maximum atomic E-state index is 11.5. The maximum Gasteiger partial charge on any atom is 0.334 e. The molecular formula is C13H14O3. The summed E-state index contributed by atoms with van der Waals surface area (Å²) in [5.41, 5.74) is 2.69. The minimum atomic E-state index is -0.243. The number of hydrogen-bond acceptors (Lipinski definition) is 3. The third-order valence-corrected chi connectivity index (χ3v) is 2.67. The minimum absolute atomic E-state index is 0.0961. The van der Waals surface area contributed by atoms with Gasteiger partial charge in [-0.15, -0.1) is 0 Å². The van der Waals surface area contributed by atoms with Gasteiger partial charge in [0.05, 0.1) is 0 Å². The zero-order valence-corrected chi connectivity index (χ0v) is 8.98. The molecule has 0 fully saturated rings. The molecule has 0 radical (unpaired) electrons. The summed E-state index contributed by atoms with van der Waals surface area (Å²) >= 11 is 0. The first kappa shape index (κ1) is 10.9. The predicted octanol–water partition coefficient (Wildman–Crippen LogP) is 1.77.